The molecule has 2 aromatic heterocycles. The molecule has 0 bridgehead atoms. The molecule has 0 spiro atoms. The molecule has 7 heteroatoms. The van der Waals surface area contributed by atoms with Crippen molar-refractivity contribution in [2.75, 3.05) is 13.6 Å². The molecule has 0 saturated heterocycles. The Kier molecular flexibility index (Phi) is 5.61. The van der Waals surface area contributed by atoms with Crippen molar-refractivity contribution >= 4 is 29.3 Å². The number of fused-ring (bicyclic) bond motifs is 2. The van der Waals surface area contributed by atoms with Crippen LogP contribution in [-0.4, -0.2) is 43.9 Å². The van der Waals surface area contributed by atoms with Crippen molar-refractivity contribution in [2.45, 2.75) is 32.2 Å². The predicted octanol–water partition coefficient (Wildman–Crippen LogP) is 3.08. The van der Waals surface area contributed by atoms with Crippen molar-refractivity contribution < 1.29 is 6.22 Å². The summed E-state index contributed by atoms with van der Waals surface area (Å²) in [5.41, 5.74) is 4.42. The highest BCUT2D eigenvalue weighted by Gasteiger charge is 2.28. The maximum Gasteiger partial charge on any atom is 0.225 e. The van der Waals surface area contributed by atoms with Crippen LogP contribution in [0.2, 0.25) is 0 Å². The lowest BCUT2D eigenvalue weighted by Crippen LogP contribution is -2.36. The summed E-state index contributed by atoms with van der Waals surface area (Å²) in [5.74, 6) is 0.322. The number of H-pyrrole nitrogens is 1. The number of carbonyl (C=O) groups is 1. The largest absolute Gasteiger partial charge is 0.348 e. The van der Waals surface area contributed by atoms with Gasteiger partial charge in [-0.15, -0.1) is 12.4 Å². The Bertz CT molecular complexity index is 893. The molecule has 2 heterocycles. The molecule has 0 radical (unpaired) electrons. The van der Waals surface area contributed by atoms with Crippen molar-refractivity contribution in [2.24, 2.45) is 5.92 Å². The Morgan fingerprint density at radius 2 is 2.23 bits per heavy atom. The number of rotatable bonds is 5. The quantitative estimate of drug-likeness (QED) is 0.745. The molecular weight excluding hydrogens is 350 g/mol. The van der Waals surface area contributed by atoms with Gasteiger partial charge < -0.3 is 14.5 Å². The van der Waals surface area contributed by atoms with Gasteiger partial charge in [-0.25, -0.2) is 9.97 Å². The van der Waals surface area contributed by atoms with Crippen LogP contribution in [0.25, 0.3) is 11.0 Å². The van der Waals surface area contributed by atoms with Gasteiger partial charge in [0.25, 0.3) is 0 Å². The van der Waals surface area contributed by atoms with Gasteiger partial charge in [0.1, 0.15) is 0 Å². The second-order valence-electron chi connectivity index (χ2n) is 6.81. The minimum absolute atomic E-state index is 0. The number of para-hydroxylation sites is 2. The van der Waals surface area contributed by atoms with Gasteiger partial charge in [-0.05, 0) is 31.4 Å². The number of aromatic amines is 1. The van der Waals surface area contributed by atoms with Gasteiger partial charge in [0.05, 0.1) is 29.4 Å². The van der Waals surface area contributed by atoms with Gasteiger partial charge in [0.15, 0.2) is 0 Å². The molecule has 1 aliphatic rings. The van der Waals surface area contributed by atoms with E-state index in [0.29, 0.717) is 0 Å². The molecule has 1 atom stereocenters. The van der Waals surface area contributed by atoms with Gasteiger partial charge in [-0.1, -0.05) is 12.1 Å². The van der Waals surface area contributed by atoms with Crippen molar-refractivity contribution in [3.05, 3.63) is 48.3 Å². The van der Waals surface area contributed by atoms with E-state index in [1.165, 1.54) is 0 Å². The molecule has 0 saturated carbocycles. The van der Waals surface area contributed by atoms with Crippen LogP contribution in [0, 0.1) is 5.92 Å². The van der Waals surface area contributed by atoms with Crippen molar-refractivity contribution in [1.82, 2.24) is 24.4 Å². The average Bonchev–Trinajstić information content (AvgIpc) is 3.27. The number of carbonyl (C=O) groups excluding carboxylic acids is 1. The first-order valence-electron chi connectivity index (χ1n) is 8.88. The molecule has 4 rings (SSSR count). The second-order valence-corrected chi connectivity index (χ2v) is 6.81. The van der Waals surface area contributed by atoms with E-state index in [1.807, 2.05) is 36.5 Å². The maximum atomic E-state index is 12.7. The van der Waals surface area contributed by atoms with Crippen LogP contribution in [0.15, 0.2) is 36.9 Å². The number of aryl methyl sites for hydroxylation is 2. The Morgan fingerprint density at radius 1 is 1.38 bits per heavy atom. The Hall–Kier alpha value is -2.34. The van der Waals surface area contributed by atoms with E-state index in [4.69, 9.17) is 0 Å². The van der Waals surface area contributed by atoms with Crippen molar-refractivity contribution in [1.29, 1.82) is 0 Å². The maximum absolute atomic E-state index is 12.7. The van der Waals surface area contributed by atoms with Crippen molar-refractivity contribution in [3.8, 4) is 0 Å². The van der Waals surface area contributed by atoms with Gasteiger partial charge in [0.2, 0.25) is 5.91 Å². The van der Waals surface area contributed by atoms with Gasteiger partial charge >= 0.3 is 0 Å². The fourth-order valence-corrected chi connectivity index (χ4v) is 3.70. The first kappa shape index (κ1) is 18.5. The molecular formula is C19H26ClN5O. The van der Waals surface area contributed by atoms with E-state index >= 15 is 0 Å². The number of hydrogen-bond acceptors (Lipinski definition) is 3. The Labute approximate surface area is 160 Å². The van der Waals surface area contributed by atoms with E-state index in [-0.39, 0.29) is 25.7 Å². The third-order valence-electron chi connectivity index (χ3n) is 5.13. The number of benzene rings is 1. The van der Waals surface area contributed by atoms with E-state index in [0.717, 1.165) is 61.2 Å². The highest BCUT2D eigenvalue weighted by molar-refractivity contribution is 5.85. The lowest BCUT2D eigenvalue weighted by atomic mass is 9.89. The number of amides is 1. The van der Waals surface area contributed by atoms with Crippen LogP contribution < -0.4 is 0 Å². The monoisotopic (exact) mass is 375 g/mol. The van der Waals surface area contributed by atoms with Gasteiger partial charge in [-0.2, -0.15) is 0 Å². The molecule has 0 aliphatic heterocycles. The zero-order chi connectivity index (χ0) is 17.2. The molecule has 140 valence electrons. The van der Waals surface area contributed by atoms with Crippen LogP contribution in [0.4, 0.5) is 0 Å². The number of nitrogens with one attached hydrogen (secondary N) is 1. The summed E-state index contributed by atoms with van der Waals surface area (Å²) in [5, 5.41) is 0. The van der Waals surface area contributed by atoms with Crippen LogP contribution >= 0.6 is 12.4 Å². The molecule has 1 aromatic carbocycles. The summed E-state index contributed by atoms with van der Waals surface area (Å²) < 4.78 is 2.16. The van der Waals surface area contributed by atoms with E-state index in [9.17, 15) is 4.79 Å². The standard InChI is InChI=1S/C19H23N5O.ClH.H2/c1-23(19(25)14-7-8-15-17(11-14)21-12-20-15)9-4-10-24-13-22-16-5-2-3-6-18(16)24;;/h2-3,5-6,12-14H,4,7-11H2,1H3,(H,20,21);2*1H. The highest BCUT2D eigenvalue weighted by Crippen LogP contribution is 2.24. The van der Waals surface area contributed by atoms with Crippen LogP contribution in [0.1, 0.15) is 25.7 Å². The van der Waals surface area contributed by atoms with Gasteiger partial charge in [0, 0.05) is 39.6 Å². The third-order valence-corrected chi connectivity index (χ3v) is 5.13. The number of hydrogen-bond donors (Lipinski definition) is 1. The minimum atomic E-state index is 0. The summed E-state index contributed by atoms with van der Waals surface area (Å²) >= 11 is 0. The molecule has 3 aromatic rings. The van der Waals surface area contributed by atoms with E-state index in [1.54, 1.807) is 6.33 Å². The third kappa shape index (κ3) is 3.60. The Morgan fingerprint density at radius 3 is 3.12 bits per heavy atom. The molecule has 0 fully saturated rings. The molecule has 26 heavy (non-hydrogen) atoms. The number of aromatic nitrogens is 4. The predicted molar refractivity (Wildman–Crippen MR) is 105 cm³/mol. The summed E-state index contributed by atoms with van der Waals surface area (Å²) in [6.45, 7) is 1.63. The van der Waals surface area contributed by atoms with E-state index < -0.39 is 0 Å². The minimum Gasteiger partial charge on any atom is -0.348 e. The molecule has 1 unspecified atom stereocenters. The van der Waals surface area contributed by atoms with Crippen molar-refractivity contribution in [3.63, 3.8) is 0 Å². The molecule has 1 N–H and O–H groups in total. The molecule has 6 nitrogen and oxygen atoms in total. The lowest BCUT2D eigenvalue weighted by Gasteiger charge is -2.26. The summed E-state index contributed by atoms with van der Waals surface area (Å²) in [6.07, 6.45) is 7.11. The topological polar surface area (TPSA) is 66.8 Å². The zero-order valence-electron chi connectivity index (χ0n) is 14.9. The fraction of sp³-hybridized carbons (Fsp3) is 0.421. The number of nitrogens with zero attached hydrogens (tertiary/aromatic N) is 4. The normalized spacial score (nSPS) is 16.1. The zero-order valence-corrected chi connectivity index (χ0v) is 15.7. The first-order chi connectivity index (χ1) is 12.2. The SMILES string of the molecule is CN(CCCn1cnc2ccccc21)C(=O)C1CCc2nc[nH]c2C1.Cl.[HH]. The fourth-order valence-electron chi connectivity index (χ4n) is 3.70. The summed E-state index contributed by atoms with van der Waals surface area (Å²) in [4.78, 5) is 26.5. The lowest BCUT2D eigenvalue weighted by molar-refractivity contribution is -0.134. The molecule has 1 amide bonds. The first-order valence-corrected chi connectivity index (χ1v) is 8.88. The highest BCUT2D eigenvalue weighted by atomic mass is 35.5. The summed E-state index contributed by atoms with van der Waals surface area (Å²) in [7, 11) is 1.91. The van der Waals surface area contributed by atoms with E-state index in [2.05, 4.69) is 25.6 Å². The Balaban J connectivity index is 0.00000131. The average molecular weight is 376 g/mol. The number of imidazole rings is 2. The number of halogens is 1. The van der Waals surface area contributed by atoms with Gasteiger partial charge in [-0.3, -0.25) is 4.79 Å². The van der Waals surface area contributed by atoms with Crippen LogP contribution in [0.3, 0.4) is 0 Å². The van der Waals surface area contributed by atoms with Crippen LogP contribution in [0.5, 0.6) is 0 Å². The molecule has 1 aliphatic carbocycles. The second kappa shape index (κ2) is 7.91. The smallest absolute Gasteiger partial charge is 0.225 e. The summed E-state index contributed by atoms with van der Waals surface area (Å²) in [6, 6.07) is 8.14. The van der Waals surface area contributed by atoms with Crippen LogP contribution in [-0.2, 0) is 24.2 Å².